The molecule has 2 unspecified atom stereocenters. The van der Waals surface area contributed by atoms with E-state index in [4.69, 9.17) is 32.7 Å². The summed E-state index contributed by atoms with van der Waals surface area (Å²) in [6.07, 6.45) is -6.03. The first-order valence-corrected chi connectivity index (χ1v) is 10.6. The van der Waals surface area contributed by atoms with Gasteiger partial charge in [0.25, 0.3) is 5.91 Å². The van der Waals surface area contributed by atoms with Crippen molar-refractivity contribution >= 4 is 29.1 Å². The molecule has 0 radical (unpaired) electrons. The minimum atomic E-state index is -4.91. The zero-order valence-corrected chi connectivity index (χ0v) is 19.7. The summed E-state index contributed by atoms with van der Waals surface area (Å²) in [5.74, 6) is -1.39. The highest BCUT2D eigenvalue weighted by Gasteiger charge is 2.42. The molecule has 1 heterocycles. The van der Waals surface area contributed by atoms with Gasteiger partial charge < -0.3 is 19.9 Å². The Hall–Kier alpha value is -2.79. The first kappa shape index (κ1) is 25.8. The highest BCUT2D eigenvalue weighted by molar-refractivity contribution is 6.42. The van der Waals surface area contributed by atoms with Crippen LogP contribution in [-0.2, 0) is 18.0 Å². The molecule has 2 aromatic carbocycles. The van der Waals surface area contributed by atoms with Gasteiger partial charge in [0.2, 0.25) is 5.88 Å². The van der Waals surface area contributed by atoms with E-state index in [9.17, 15) is 23.1 Å². The average Bonchev–Trinajstić information content (AvgIpc) is 3.12. The molecule has 182 valence electrons. The van der Waals surface area contributed by atoms with Crippen molar-refractivity contribution in [2.75, 3.05) is 7.11 Å². The third kappa shape index (κ3) is 5.64. The maximum Gasteiger partial charge on any atom is 0.436 e. The quantitative estimate of drug-likeness (QED) is 0.394. The van der Waals surface area contributed by atoms with E-state index >= 15 is 0 Å². The Morgan fingerprint density at radius 1 is 1.12 bits per heavy atom. The molecule has 3 rings (SSSR count). The number of alkyl halides is 3. The van der Waals surface area contributed by atoms with Crippen LogP contribution in [0.4, 0.5) is 13.2 Å². The van der Waals surface area contributed by atoms with Crippen LogP contribution in [0, 0.1) is 0 Å². The van der Waals surface area contributed by atoms with Gasteiger partial charge in [-0.3, -0.25) is 4.79 Å². The number of aromatic nitrogens is 2. The molecule has 2 atom stereocenters. The van der Waals surface area contributed by atoms with E-state index in [1.807, 2.05) is 0 Å². The van der Waals surface area contributed by atoms with Crippen LogP contribution < -0.4 is 10.1 Å². The highest BCUT2D eigenvalue weighted by Crippen LogP contribution is 2.38. The number of nitrogens with zero attached hydrogens (tertiary/aromatic N) is 2. The second-order valence-electron chi connectivity index (χ2n) is 7.28. The molecule has 0 saturated heterocycles. The van der Waals surface area contributed by atoms with Gasteiger partial charge in [0.15, 0.2) is 12.0 Å². The maximum atomic E-state index is 13.7. The molecule has 0 fully saturated rings. The fourth-order valence-electron chi connectivity index (χ4n) is 3.12. The lowest BCUT2D eigenvalue weighted by molar-refractivity contribution is -0.141. The number of amides is 1. The predicted molar refractivity (Wildman–Crippen MR) is 119 cm³/mol. The number of carbonyl (C=O) groups excluding carboxylic acids is 1. The zero-order chi connectivity index (χ0) is 25.2. The van der Waals surface area contributed by atoms with E-state index in [1.165, 1.54) is 32.4 Å². The Labute approximate surface area is 203 Å². The molecule has 2 N–H and O–H groups in total. The first-order valence-electron chi connectivity index (χ1n) is 9.81. The number of hydrogen-bond donors (Lipinski definition) is 2. The number of halogens is 5. The molecule has 34 heavy (non-hydrogen) atoms. The van der Waals surface area contributed by atoms with Crippen molar-refractivity contribution in [3.63, 3.8) is 0 Å². The van der Waals surface area contributed by atoms with Crippen LogP contribution in [0.1, 0.15) is 46.4 Å². The Morgan fingerprint density at radius 2 is 1.74 bits per heavy atom. The molecule has 0 aliphatic carbocycles. The van der Waals surface area contributed by atoms with E-state index < -0.39 is 41.6 Å². The average molecular weight is 518 g/mol. The van der Waals surface area contributed by atoms with Crippen LogP contribution in [0.25, 0.3) is 0 Å². The second kappa shape index (κ2) is 10.2. The maximum absolute atomic E-state index is 13.7. The summed E-state index contributed by atoms with van der Waals surface area (Å²) in [7, 11) is 2.56. The Balaban J connectivity index is 1.93. The van der Waals surface area contributed by atoms with Crippen molar-refractivity contribution in [1.82, 2.24) is 15.1 Å². The number of hydrogen-bond acceptors (Lipinski definition) is 5. The molecule has 1 aromatic heterocycles. The number of nitrogens with one attached hydrogen (secondary N) is 1. The van der Waals surface area contributed by atoms with Gasteiger partial charge in [-0.2, -0.15) is 18.3 Å². The standard InChI is InChI=1S/C22H20Cl2F3N3O4/c1-11(12-4-6-13(7-5-12)21(32)33-3)28-19(31)17-18(22(25,26)27)29-30(2)20(17)34-14-8-9-15(23)16(24)10-14/h4-11,21,32H,1-3H3,(H,28,31). The third-order valence-corrected chi connectivity index (χ3v) is 5.63. The predicted octanol–water partition coefficient (Wildman–Crippen LogP) is 5.67. The Kier molecular flexibility index (Phi) is 7.77. The minimum absolute atomic E-state index is 0.0699. The van der Waals surface area contributed by atoms with Gasteiger partial charge >= 0.3 is 6.18 Å². The van der Waals surface area contributed by atoms with E-state index in [0.717, 1.165) is 4.68 Å². The molecule has 0 bridgehead atoms. The zero-order valence-electron chi connectivity index (χ0n) is 18.2. The van der Waals surface area contributed by atoms with Crippen LogP contribution >= 0.6 is 23.2 Å². The summed E-state index contributed by atoms with van der Waals surface area (Å²) < 4.78 is 52.3. The van der Waals surface area contributed by atoms with Crippen molar-refractivity contribution in [2.45, 2.75) is 25.4 Å². The molecule has 7 nitrogen and oxygen atoms in total. The molecule has 0 spiro atoms. The molecule has 12 heteroatoms. The summed E-state index contributed by atoms with van der Waals surface area (Å²) >= 11 is 11.8. The normalized spacial score (nSPS) is 13.4. The summed E-state index contributed by atoms with van der Waals surface area (Å²) in [5, 5.41) is 16.1. The number of aliphatic hydroxyl groups excluding tert-OH is 1. The van der Waals surface area contributed by atoms with Crippen LogP contribution in [0.3, 0.4) is 0 Å². The SMILES string of the molecule is COC(O)c1ccc(C(C)NC(=O)c2c(C(F)(F)F)nn(C)c2Oc2ccc(Cl)c(Cl)c2)cc1. The van der Waals surface area contributed by atoms with Crippen LogP contribution in [0.15, 0.2) is 42.5 Å². The number of aliphatic hydroxyl groups is 1. The van der Waals surface area contributed by atoms with E-state index in [2.05, 4.69) is 10.4 Å². The van der Waals surface area contributed by atoms with Crippen molar-refractivity contribution in [2.24, 2.45) is 7.05 Å². The number of benzene rings is 2. The summed E-state index contributed by atoms with van der Waals surface area (Å²) in [6, 6.07) is 9.82. The van der Waals surface area contributed by atoms with Crippen molar-refractivity contribution in [3.8, 4) is 11.6 Å². The minimum Gasteiger partial charge on any atom is -0.438 e. The fourth-order valence-corrected chi connectivity index (χ4v) is 3.41. The smallest absolute Gasteiger partial charge is 0.436 e. The summed E-state index contributed by atoms with van der Waals surface area (Å²) in [6.45, 7) is 1.60. The van der Waals surface area contributed by atoms with Gasteiger partial charge in [-0.1, -0.05) is 47.5 Å². The largest absolute Gasteiger partial charge is 0.438 e. The highest BCUT2D eigenvalue weighted by atomic mass is 35.5. The van der Waals surface area contributed by atoms with Crippen LogP contribution in [0.2, 0.25) is 10.0 Å². The first-order chi connectivity index (χ1) is 15.9. The van der Waals surface area contributed by atoms with Gasteiger partial charge in [-0.05, 0) is 24.6 Å². The number of carbonyl (C=O) groups is 1. The Bertz CT molecular complexity index is 1180. The van der Waals surface area contributed by atoms with E-state index in [0.29, 0.717) is 11.1 Å². The molecule has 3 aromatic rings. The third-order valence-electron chi connectivity index (χ3n) is 4.89. The molecular formula is C22H20Cl2F3N3O4. The fraction of sp³-hybridized carbons (Fsp3) is 0.273. The second-order valence-corrected chi connectivity index (χ2v) is 8.09. The molecule has 0 saturated carbocycles. The number of aryl methyl sites for hydroxylation is 1. The number of methoxy groups -OCH3 is 1. The van der Waals surface area contributed by atoms with E-state index in [1.54, 1.807) is 31.2 Å². The summed E-state index contributed by atoms with van der Waals surface area (Å²) in [5.41, 5.74) is -1.11. The summed E-state index contributed by atoms with van der Waals surface area (Å²) in [4.78, 5) is 13.0. The van der Waals surface area contributed by atoms with Crippen LogP contribution in [-0.4, -0.2) is 27.9 Å². The lowest BCUT2D eigenvalue weighted by Crippen LogP contribution is -2.28. The Morgan fingerprint density at radius 3 is 2.29 bits per heavy atom. The topological polar surface area (TPSA) is 85.6 Å². The van der Waals surface area contributed by atoms with Gasteiger partial charge in [-0.25, -0.2) is 4.68 Å². The lowest BCUT2D eigenvalue weighted by atomic mass is 10.1. The van der Waals surface area contributed by atoms with Crippen molar-refractivity contribution in [1.29, 1.82) is 0 Å². The molecule has 0 aliphatic heterocycles. The lowest BCUT2D eigenvalue weighted by Gasteiger charge is -2.17. The van der Waals surface area contributed by atoms with Gasteiger partial charge in [0.05, 0.1) is 16.1 Å². The van der Waals surface area contributed by atoms with Crippen molar-refractivity contribution < 1.29 is 32.5 Å². The number of ether oxygens (including phenoxy) is 2. The van der Waals surface area contributed by atoms with Crippen LogP contribution in [0.5, 0.6) is 11.6 Å². The van der Waals surface area contributed by atoms with Gasteiger partial charge in [0, 0.05) is 25.8 Å². The molecular weight excluding hydrogens is 498 g/mol. The van der Waals surface area contributed by atoms with Crippen molar-refractivity contribution in [3.05, 3.63) is 74.9 Å². The monoisotopic (exact) mass is 517 g/mol. The van der Waals surface area contributed by atoms with Gasteiger partial charge in [-0.15, -0.1) is 0 Å². The molecule has 0 aliphatic rings. The van der Waals surface area contributed by atoms with E-state index in [-0.39, 0.29) is 15.8 Å². The van der Waals surface area contributed by atoms with Gasteiger partial charge in [0.1, 0.15) is 11.3 Å². The molecule has 1 amide bonds. The number of rotatable bonds is 7.